The van der Waals surface area contributed by atoms with Crippen LogP contribution in [-0.2, 0) is 6.54 Å². The summed E-state index contributed by atoms with van der Waals surface area (Å²) in [6.45, 7) is 3.39. The van der Waals surface area contributed by atoms with Crippen molar-refractivity contribution in [1.82, 2.24) is 5.32 Å². The zero-order valence-corrected chi connectivity index (χ0v) is 11.5. The Morgan fingerprint density at radius 3 is 2.95 bits per heavy atom. The van der Waals surface area contributed by atoms with Gasteiger partial charge in [0.05, 0.1) is 18.8 Å². The SMILES string of the molecule is CCOc1cccc(C(O)C2NCc3ccccc32)c1. The second-order valence-electron chi connectivity index (χ2n) is 5.01. The minimum atomic E-state index is -0.570. The minimum absolute atomic E-state index is 0.0527. The summed E-state index contributed by atoms with van der Waals surface area (Å²) in [6.07, 6.45) is -0.570. The molecule has 0 saturated carbocycles. The van der Waals surface area contributed by atoms with Crippen LogP contribution in [0.3, 0.4) is 0 Å². The lowest BCUT2D eigenvalue weighted by Gasteiger charge is -2.20. The molecule has 3 rings (SSSR count). The third kappa shape index (κ3) is 2.42. The predicted molar refractivity (Wildman–Crippen MR) is 78.6 cm³/mol. The van der Waals surface area contributed by atoms with Gasteiger partial charge >= 0.3 is 0 Å². The molecule has 0 saturated heterocycles. The van der Waals surface area contributed by atoms with E-state index in [1.807, 2.05) is 43.3 Å². The van der Waals surface area contributed by atoms with E-state index in [0.29, 0.717) is 6.61 Å². The van der Waals surface area contributed by atoms with Gasteiger partial charge in [0.25, 0.3) is 0 Å². The highest BCUT2D eigenvalue weighted by molar-refractivity contribution is 5.38. The van der Waals surface area contributed by atoms with Gasteiger partial charge in [0.15, 0.2) is 0 Å². The average molecular weight is 269 g/mol. The van der Waals surface area contributed by atoms with Gasteiger partial charge in [-0.15, -0.1) is 0 Å². The Balaban J connectivity index is 1.86. The Bertz CT molecular complexity index is 597. The van der Waals surface area contributed by atoms with E-state index in [4.69, 9.17) is 4.74 Å². The molecule has 0 bridgehead atoms. The fraction of sp³-hybridized carbons (Fsp3) is 0.294. The lowest BCUT2D eigenvalue weighted by Crippen LogP contribution is -2.20. The first-order chi connectivity index (χ1) is 9.79. The number of ether oxygens (including phenoxy) is 1. The molecule has 2 aromatic rings. The molecule has 2 N–H and O–H groups in total. The molecule has 2 unspecified atom stereocenters. The molecule has 0 spiro atoms. The van der Waals surface area contributed by atoms with Gasteiger partial charge in [-0.25, -0.2) is 0 Å². The largest absolute Gasteiger partial charge is 0.494 e. The highest BCUT2D eigenvalue weighted by atomic mass is 16.5. The Morgan fingerprint density at radius 2 is 2.10 bits per heavy atom. The van der Waals surface area contributed by atoms with E-state index >= 15 is 0 Å². The summed E-state index contributed by atoms with van der Waals surface area (Å²) in [5, 5.41) is 14.0. The molecule has 2 atom stereocenters. The fourth-order valence-corrected chi connectivity index (χ4v) is 2.76. The van der Waals surface area contributed by atoms with Gasteiger partial charge < -0.3 is 15.2 Å². The fourth-order valence-electron chi connectivity index (χ4n) is 2.76. The normalized spacial score (nSPS) is 18.6. The number of aliphatic hydroxyl groups excluding tert-OH is 1. The van der Waals surface area contributed by atoms with Crippen molar-refractivity contribution in [2.75, 3.05) is 6.61 Å². The average Bonchev–Trinajstić information content (AvgIpc) is 2.91. The third-order valence-electron chi connectivity index (χ3n) is 3.73. The topological polar surface area (TPSA) is 41.5 Å². The van der Waals surface area contributed by atoms with Crippen LogP contribution in [0.25, 0.3) is 0 Å². The number of benzene rings is 2. The predicted octanol–water partition coefficient (Wildman–Crippen LogP) is 2.96. The van der Waals surface area contributed by atoms with Crippen molar-refractivity contribution in [3.63, 3.8) is 0 Å². The smallest absolute Gasteiger partial charge is 0.119 e. The van der Waals surface area contributed by atoms with E-state index in [2.05, 4.69) is 17.4 Å². The zero-order chi connectivity index (χ0) is 13.9. The monoisotopic (exact) mass is 269 g/mol. The molecular weight excluding hydrogens is 250 g/mol. The summed E-state index contributed by atoms with van der Waals surface area (Å²) < 4.78 is 5.50. The van der Waals surface area contributed by atoms with Crippen molar-refractivity contribution in [3.8, 4) is 5.75 Å². The molecule has 0 aromatic heterocycles. The van der Waals surface area contributed by atoms with Crippen LogP contribution in [0.4, 0.5) is 0 Å². The van der Waals surface area contributed by atoms with Crippen LogP contribution in [0.15, 0.2) is 48.5 Å². The molecular formula is C17H19NO2. The quantitative estimate of drug-likeness (QED) is 0.896. The third-order valence-corrected chi connectivity index (χ3v) is 3.73. The first-order valence-corrected chi connectivity index (χ1v) is 7.01. The lowest BCUT2D eigenvalue weighted by molar-refractivity contribution is 0.133. The molecule has 3 heteroatoms. The summed E-state index contributed by atoms with van der Waals surface area (Å²) in [6, 6.07) is 15.9. The maximum atomic E-state index is 10.6. The number of hydrogen-bond donors (Lipinski definition) is 2. The van der Waals surface area contributed by atoms with Gasteiger partial charge in [-0.3, -0.25) is 0 Å². The molecule has 20 heavy (non-hydrogen) atoms. The summed E-state index contributed by atoms with van der Waals surface area (Å²) in [7, 11) is 0. The highest BCUT2D eigenvalue weighted by Crippen LogP contribution is 2.35. The van der Waals surface area contributed by atoms with Crippen molar-refractivity contribution < 1.29 is 9.84 Å². The van der Waals surface area contributed by atoms with Crippen molar-refractivity contribution in [2.24, 2.45) is 0 Å². The Labute approximate surface area is 119 Å². The number of fused-ring (bicyclic) bond motifs is 1. The second-order valence-corrected chi connectivity index (χ2v) is 5.01. The maximum absolute atomic E-state index is 10.6. The standard InChI is InChI=1S/C17H19NO2/c1-2-20-14-8-5-7-12(10-14)17(19)16-15-9-4-3-6-13(15)11-18-16/h3-10,16-19H,2,11H2,1H3. The molecule has 104 valence electrons. The molecule has 1 heterocycles. The first-order valence-electron chi connectivity index (χ1n) is 7.01. The molecule has 0 aliphatic carbocycles. The number of rotatable bonds is 4. The van der Waals surface area contributed by atoms with Crippen molar-refractivity contribution >= 4 is 0 Å². The first kappa shape index (κ1) is 13.2. The van der Waals surface area contributed by atoms with Crippen LogP contribution >= 0.6 is 0 Å². The second kappa shape index (κ2) is 5.65. The van der Waals surface area contributed by atoms with E-state index in [9.17, 15) is 5.11 Å². The maximum Gasteiger partial charge on any atom is 0.119 e. The van der Waals surface area contributed by atoms with Gasteiger partial charge in [0.1, 0.15) is 5.75 Å². The molecule has 3 nitrogen and oxygen atoms in total. The van der Waals surface area contributed by atoms with Gasteiger partial charge in [-0.2, -0.15) is 0 Å². The van der Waals surface area contributed by atoms with Gasteiger partial charge in [0, 0.05) is 6.54 Å². The van der Waals surface area contributed by atoms with E-state index < -0.39 is 6.10 Å². The van der Waals surface area contributed by atoms with Crippen molar-refractivity contribution in [2.45, 2.75) is 25.6 Å². The summed E-state index contributed by atoms with van der Waals surface area (Å²) >= 11 is 0. The molecule has 2 aromatic carbocycles. The molecule has 0 radical (unpaired) electrons. The Hall–Kier alpha value is -1.84. The molecule has 0 amide bonds. The molecule has 1 aliphatic heterocycles. The van der Waals surface area contributed by atoms with Crippen molar-refractivity contribution in [1.29, 1.82) is 0 Å². The number of aliphatic hydroxyl groups is 1. The summed E-state index contributed by atoms with van der Waals surface area (Å²) in [4.78, 5) is 0. The van der Waals surface area contributed by atoms with Gasteiger partial charge in [0.2, 0.25) is 0 Å². The zero-order valence-electron chi connectivity index (χ0n) is 11.5. The minimum Gasteiger partial charge on any atom is -0.494 e. The number of nitrogens with one attached hydrogen (secondary N) is 1. The summed E-state index contributed by atoms with van der Waals surface area (Å²) in [5.41, 5.74) is 3.32. The molecule has 1 aliphatic rings. The Kier molecular flexibility index (Phi) is 3.72. The van der Waals surface area contributed by atoms with E-state index in [0.717, 1.165) is 17.9 Å². The summed E-state index contributed by atoms with van der Waals surface area (Å²) in [5.74, 6) is 0.801. The number of hydrogen-bond acceptors (Lipinski definition) is 3. The highest BCUT2D eigenvalue weighted by Gasteiger charge is 2.28. The lowest BCUT2D eigenvalue weighted by atomic mass is 9.96. The van der Waals surface area contributed by atoms with Crippen LogP contribution in [-0.4, -0.2) is 11.7 Å². The van der Waals surface area contributed by atoms with Crippen LogP contribution in [0.1, 0.15) is 35.8 Å². The van der Waals surface area contributed by atoms with Crippen LogP contribution < -0.4 is 10.1 Å². The van der Waals surface area contributed by atoms with E-state index in [1.54, 1.807) is 0 Å². The van der Waals surface area contributed by atoms with Crippen molar-refractivity contribution in [3.05, 3.63) is 65.2 Å². The molecule has 0 fully saturated rings. The van der Waals surface area contributed by atoms with E-state index in [1.165, 1.54) is 11.1 Å². The van der Waals surface area contributed by atoms with Crippen LogP contribution in [0.5, 0.6) is 5.75 Å². The van der Waals surface area contributed by atoms with Crippen LogP contribution in [0, 0.1) is 0 Å². The van der Waals surface area contributed by atoms with Gasteiger partial charge in [-0.1, -0.05) is 36.4 Å². The van der Waals surface area contributed by atoms with Gasteiger partial charge in [-0.05, 0) is 35.7 Å². The Morgan fingerprint density at radius 1 is 1.25 bits per heavy atom. The van der Waals surface area contributed by atoms with E-state index in [-0.39, 0.29) is 6.04 Å². The van der Waals surface area contributed by atoms with Crippen LogP contribution in [0.2, 0.25) is 0 Å².